The number of carbonyl (C=O) groups excluding carboxylic acids is 2. The Morgan fingerprint density at radius 1 is 1.18 bits per heavy atom. The van der Waals surface area contributed by atoms with Crippen molar-refractivity contribution >= 4 is 46.7 Å². The van der Waals surface area contributed by atoms with Crippen LogP contribution in [0.5, 0.6) is 0 Å². The third-order valence-electron chi connectivity index (χ3n) is 3.96. The molecule has 6 nitrogen and oxygen atoms in total. The molecule has 0 radical (unpaired) electrons. The second kappa shape index (κ2) is 9.66. The number of anilines is 1. The van der Waals surface area contributed by atoms with Crippen molar-refractivity contribution in [3.05, 3.63) is 71.8 Å². The zero-order valence-electron chi connectivity index (χ0n) is 15.3. The lowest BCUT2D eigenvalue weighted by atomic mass is 10.2. The van der Waals surface area contributed by atoms with E-state index in [2.05, 4.69) is 20.8 Å². The van der Waals surface area contributed by atoms with Crippen molar-refractivity contribution in [3.8, 4) is 0 Å². The number of allylic oxidation sites excluding steroid dienone is 1. The summed E-state index contributed by atoms with van der Waals surface area (Å²) in [5, 5.41) is 13.3. The predicted molar refractivity (Wildman–Crippen MR) is 115 cm³/mol. The van der Waals surface area contributed by atoms with E-state index in [1.807, 2.05) is 67.6 Å². The van der Waals surface area contributed by atoms with Gasteiger partial charge in [0.2, 0.25) is 11.8 Å². The van der Waals surface area contributed by atoms with Crippen LogP contribution in [0.15, 0.2) is 70.9 Å². The highest BCUT2D eigenvalue weighted by Crippen LogP contribution is 2.23. The van der Waals surface area contributed by atoms with Gasteiger partial charge < -0.3 is 10.6 Å². The van der Waals surface area contributed by atoms with Gasteiger partial charge >= 0.3 is 0 Å². The van der Waals surface area contributed by atoms with Gasteiger partial charge in [-0.2, -0.15) is 5.10 Å². The predicted octanol–water partition coefficient (Wildman–Crippen LogP) is 3.61. The van der Waals surface area contributed by atoms with Crippen molar-refractivity contribution < 1.29 is 9.59 Å². The number of para-hydroxylation sites is 1. The molecule has 0 aromatic heterocycles. The minimum atomic E-state index is -0.516. The Hall–Kier alpha value is -3.19. The van der Waals surface area contributed by atoms with Crippen LogP contribution in [0.2, 0.25) is 0 Å². The monoisotopic (exact) mass is 392 g/mol. The zero-order chi connectivity index (χ0) is 19.8. The summed E-state index contributed by atoms with van der Waals surface area (Å²) in [7, 11) is 0. The van der Waals surface area contributed by atoms with Crippen molar-refractivity contribution in [2.45, 2.75) is 18.6 Å². The first-order chi connectivity index (χ1) is 13.6. The lowest BCUT2D eigenvalue weighted by Gasteiger charge is -2.09. The molecule has 0 bridgehead atoms. The summed E-state index contributed by atoms with van der Waals surface area (Å²) in [5.74, 6) is -0.448. The SMILES string of the molecule is Cc1ccccc1NC(=O)C[C@@H]1S/C(=N/N=C/C=C/c2ccccc2)NC1=O. The van der Waals surface area contributed by atoms with Crippen molar-refractivity contribution in [1.29, 1.82) is 0 Å². The number of amides is 2. The molecule has 7 heteroatoms. The van der Waals surface area contributed by atoms with Gasteiger partial charge in [0.1, 0.15) is 5.25 Å². The van der Waals surface area contributed by atoms with Gasteiger partial charge in [0.25, 0.3) is 0 Å². The summed E-state index contributed by atoms with van der Waals surface area (Å²) in [6.45, 7) is 1.92. The first kappa shape index (κ1) is 19.6. The highest BCUT2D eigenvalue weighted by molar-refractivity contribution is 8.15. The van der Waals surface area contributed by atoms with Gasteiger partial charge in [0.05, 0.1) is 0 Å². The molecule has 1 saturated heterocycles. The van der Waals surface area contributed by atoms with Crippen molar-refractivity contribution in [1.82, 2.24) is 5.32 Å². The lowest BCUT2D eigenvalue weighted by Crippen LogP contribution is -2.28. The van der Waals surface area contributed by atoms with Gasteiger partial charge in [-0.1, -0.05) is 66.4 Å². The van der Waals surface area contributed by atoms with Gasteiger partial charge in [-0.05, 0) is 30.2 Å². The van der Waals surface area contributed by atoms with Gasteiger partial charge in [0.15, 0.2) is 5.17 Å². The third-order valence-corrected chi connectivity index (χ3v) is 5.03. The van der Waals surface area contributed by atoms with Crippen LogP contribution in [0.4, 0.5) is 5.69 Å². The van der Waals surface area contributed by atoms with E-state index in [9.17, 15) is 9.59 Å². The lowest BCUT2D eigenvalue weighted by molar-refractivity contribution is -0.122. The Kier molecular flexibility index (Phi) is 6.75. The summed E-state index contributed by atoms with van der Waals surface area (Å²) in [6, 6.07) is 17.3. The fraction of sp³-hybridized carbons (Fsp3) is 0.143. The van der Waals surface area contributed by atoms with Crippen molar-refractivity contribution in [2.24, 2.45) is 10.2 Å². The molecule has 0 aliphatic carbocycles. The Morgan fingerprint density at radius 3 is 2.71 bits per heavy atom. The molecule has 142 valence electrons. The summed E-state index contributed by atoms with van der Waals surface area (Å²) in [6.07, 6.45) is 5.29. The number of aryl methyl sites for hydroxylation is 1. The van der Waals surface area contributed by atoms with Crippen molar-refractivity contribution in [2.75, 3.05) is 5.32 Å². The molecule has 0 saturated carbocycles. The minimum absolute atomic E-state index is 0.0709. The molecule has 0 unspecified atom stereocenters. The molecule has 1 aliphatic heterocycles. The molecule has 28 heavy (non-hydrogen) atoms. The smallest absolute Gasteiger partial charge is 0.240 e. The van der Waals surface area contributed by atoms with Gasteiger partial charge in [-0.15, -0.1) is 5.10 Å². The Morgan fingerprint density at radius 2 is 1.93 bits per heavy atom. The summed E-state index contributed by atoms with van der Waals surface area (Å²) >= 11 is 1.21. The Labute approximate surface area is 167 Å². The average molecular weight is 392 g/mol. The highest BCUT2D eigenvalue weighted by Gasteiger charge is 2.32. The topological polar surface area (TPSA) is 82.9 Å². The maximum Gasteiger partial charge on any atom is 0.240 e. The first-order valence-electron chi connectivity index (χ1n) is 8.77. The summed E-state index contributed by atoms with van der Waals surface area (Å²) in [5.41, 5.74) is 2.78. The molecule has 1 aliphatic rings. The average Bonchev–Trinajstić information content (AvgIpc) is 3.03. The van der Waals surface area contributed by atoms with E-state index in [0.29, 0.717) is 5.17 Å². The quantitative estimate of drug-likeness (QED) is 0.582. The number of thioether (sulfide) groups is 1. The number of carbonyl (C=O) groups is 2. The number of benzene rings is 2. The molecular weight excluding hydrogens is 372 g/mol. The van der Waals surface area contributed by atoms with Crippen LogP contribution in [-0.4, -0.2) is 28.4 Å². The summed E-state index contributed by atoms with van der Waals surface area (Å²) in [4.78, 5) is 24.3. The molecule has 2 aromatic carbocycles. The normalized spacial score (nSPS) is 18.1. The second-order valence-corrected chi connectivity index (χ2v) is 7.29. The van der Waals surface area contributed by atoms with E-state index in [4.69, 9.17) is 0 Å². The van der Waals surface area contributed by atoms with Gasteiger partial charge in [-0.25, -0.2) is 0 Å². The molecule has 1 atom stereocenters. The Balaban J connectivity index is 1.51. The molecule has 1 fully saturated rings. The van der Waals surface area contributed by atoms with Gasteiger partial charge in [-0.3, -0.25) is 9.59 Å². The fourth-order valence-corrected chi connectivity index (χ4v) is 3.44. The highest BCUT2D eigenvalue weighted by atomic mass is 32.2. The van der Waals surface area contributed by atoms with E-state index >= 15 is 0 Å². The van der Waals surface area contributed by atoms with E-state index in [0.717, 1.165) is 16.8 Å². The van der Waals surface area contributed by atoms with E-state index < -0.39 is 5.25 Å². The molecule has 0 spiro atoms. The first-order valence-corrected chi connectivity index (χ1v) is 9.65. The minimum Gasteiger partial charge on any atom is -0.326 e. The van der Waals surface area contributed by atoms with E-state index in [1.54, 1.807) is 12.3 Å². The molecular formula is C21H20N4O2S. The van der Waals surface area contributed by atoms with Crippen LogP contribution in [0.1, 0.15) is 17.5 Å². The molecule has 2 aromatic rings. The van der Waals surface area contributed by atoms with Crippen LogP contribution in [-0.2, 0) is 9.59 Å². The second-order valence-electron chi connectivity index (χ2n) is 6.10. The number of hydrogen-bond acceptors (Lipinski definition) is 5. The number of amidine groups is 1. The van der Waals surface area contributed by atoms with Crippen LogP contribution in [0.25, 0.3) is 6.08 Å². The van der Waals surface area contributed by atoms with Crippen molar-refractivity contribution in [3.63, 3.8) is 0 Å². The van der Waals surface area contributed by atoms with Crippen LogP contribution in [0.3, 0.4) is 0 Å². The third kappa shape index (κ3) is 5.65. The van der Waals surface area contributed by atoms with Gasteiger partial charge in [0, 0.05) is 18.3 Å². The largest absolute Gasteiger partial charge is 0.326 e. The number of hydrogen-bond donors (Lipinski definition) is 2. The van der Waals surface area contributed by atoms with Crippen LogP contribution >= 0.6 is 11.8 Å². The van der Waals surface area contributed by atoms with Crippen LogP contribution in [0, 0.1) is 6.92 Å². The number of nitrogens with zero attached hydrogens (tertiary/aromatic N) is 2. The molecule has 2 N–H and O–H groups in total. The molecule has 2 amide bonds. The van der Waals surface area contributed by atoms with E-state index in [1.165, 1.54) is 11.8 Å². The van der Waals surface area contributed by atoms with Crippen LogP contribution < -0.4 is 10.6 Å². The number of rotatable bonds is 6. The standard InChI is InChI=1S/C21H20N4O2S/c1-15-8-5-6-12-17(15)23-19(26)14-18-20(27)24-21(28-18)25-22-13-7-11-16-9-3-2-4-10-16/h2-13,18H,14H2,1H3,(H,23,26)(H,24,25,27)/b11-7+,22-13+/t18-/m0/s1. The molecule has 3 rings (SSSR count). The summed E-state index contributed by atoms with van der Waals surface area (Å²) < 4.78 is 0. The number of nitrogens with one attached hydrogen (secondary N) is 2. The fourth-order valence-electron chi connectivity index (χ4n) is 2.51. The maximum absolute atomic E-state index is 12.2. The molecule has 1 heterocycles. The Bertz CT molecular complexity index is 938. The zero-order valence-corrected chi connectivity index (χ0v) is 16.1. The van der Waals surface area contributed by atoms with E-state index in [-0.39, 0.29) is 18.2 Å². The maximum atomic E-state index is 12.2.